The fraction of sp³-hybridized carbons (Fsp3) is 0.867. The van der Waals surface area contributed by atoms with Crippen molar-refractivity contribution in [3.8, 4) is 6.07 Å². The van der Waals surface area contributed by atoms with E-state index in [0.29, 0.717) is 39.1 Å². The van der Waals surface area contributed by atoms with E-state index in [0.717, 1.165) is 0 Å². The molecule has 2 aliphatic heterocycles. The number of nitrogens with zero attached hydrogens (tertiary/aromatic N) is 2. The molecule has 0 aromatic heterocycles. The van der Waals surface area contributed by atoms with Crippen LogP contribution in [-0.2, 0) is 14.3 Å². The molecule has 0 N–H and O–H groups in total. The Morgan fingerprint density at radius 2 is 1.60 bits per heavy atom. The van der Waals surface area contributed by atoms with Gasteiger partial charge in [0.25, 0.3) is 0 Å². The summed E-state index contributed by atoms with van der Waals surface area (Å²) in [4.78, 5) is 14.7. The Balaban J connectivity index is 2.21. The average molecular weight is 280 g/mol. The van der Waals surface area contributed by atoms with E-state index in [1.807, 2.05) is 27.7 Å². The van der Waals surface area contributed by atoms with E-state index in [1.54, 1.807) is 4.90 Å². The van der Waals surface area contributed by atoms with Gasteiger partial charge in [-0.15, -0.1) is 0 Å². The molecule has 0 aromatic carbocycles. The molecule has 1 amide bonds. The van der Waals surface area contributed by atoms with Crippen molar-refractivity contribution in [2.24, 2.45) is 5.41 Å². The van der Waals surface area contributed by atoms with Gasteiger partial charge in [-0.1, -0.05) is 0 Å². The predicted molar refractivity (Wildman–Crippen MR) is 73.9 cm³/mol. The zero-order valence-electron chi connectivity index (χ0n) is 12.9. The molecule has 2 fully saturated rings. The number of carbonyl (C=O) groups is 1. The lowest BCUT2D eigenvalue weighted by atomic mass is 9.79. The summed E-state index contributed by atoms with van der Waals surface area (Å²) in [5.41, 5.74) is -1.69. The summed E-state index contributed by atoms with van der Waals surface area (Å²) >= 11 is 0. The number of amides is 1. The number of rotatable bonds is 1. The second-order valence-corrected chi connectivity index (χ2v) is 7.09. The summed E-state index contributed by atoms with van der Waals surface area (Å²) in [7, 11) is 0. The molecule has 0 bridgehead atoms. The Morgan fingerprint density at radius 3 is 2.05 bits per heavy atom. The van der Waals surface area contributed by atoms with Crippen LogP contribution in [0.1, 0.15) is 40.5 Å². The van der Waals surface area contributed by atoms with Crippen LogP contribution < -0.4 is 0 Å². The molecule has 20 heavy (non-hydrogen) atoms. The summed E-state index contributed by atoms with van der Waals surface area (Å²) in [5.74, 6) is -0.0623. The minimum Gasteiger partial charge on any atom is -0.381 e. The normalized spacial score (nSPS) is 27.6. The van der Waals surface area contributed by atoms with Crippen LogP contribution in [0, 0.1) is 16.7 Å². The van der Waals surface area contributed by atoms with Gasteiger partial charge in [0.1, 0.15) is 5.41 Å². The maximum Gasteiger partial charge on any atom is 0.243 e. The first kappa shape index (κ1) is 15.3. The zero-order valence-corrected chi connectivity index (χ0v) is 12.9. The van der Waals surface area contributed by atoms with Gasteiger partial charge in [0, 0.05) is 26.3 Å². The van der Waals surface area contributed by atoms with E-state index in [-0.39, 0.29) is 17.1 Å². The van der Waals surface area contributed by atoms with E-state index in [1.165, 1.54) is 0 Å². The van der Waals surface area contributed by atoms with Gasteiger partial charge in [-0.05, 0) is 40.5 Å². The molecule has 0 spiro atoms. The highest BCUT2D eigenvalue weighted by Crippen LogP contribution is 2.36. The summed E-state index contributed by atoms with van der Waals surface area (Å²) in [5, 5.41) is 9.52. The molecule has 2 aliphatic rings. The average Bonchev–Trinajstić information content (AvgIpc) is 2.35. The molecule has 2 rings (SSSR count). The Kier molecular flexibility index (Phi) is 3.83. The number of hydrogen-bond acceptors (Lipinski definition) is 4. The third-order valence-corrected chi connectivity index (χ3v) is 3.95. The highest BCUT2D eigenvalue weighted by molar-refractivity contribution is 5.86. The fourth-order valence-corrected chi connectivity index (χ4v) is 3.33. The van der Waals surface area contributed by atoms with Crippen LogP contribution >= 0.6 is 0 Å². The maximum atomic E-state index is 12.9. The van der Waals surface area contributed by atoms with Gasteiger partial charge in [0.05, 0.1) is 17.3 Å². The molecular formula is C15H24N2O3. The summed E-state index contributed by atoms with van der Waals surface area (Å²) < 4.78 is 11.3. The van der Waals surface area contributed by atoms with E-state index >= 15 is 0 Å². The molecule has 0 aromatic rings. The lowest BCUT2D eigenvalue weighted by Gasteiger charge is -2.49. The highest BCUT2D eigenvalue weighted by Gasteiger charge is 2.48. The van der Waals surface area contributed by atoms with E-state index in [4.69, 9.17) is 9.47 Å². The molecule has 0 saturated carbocycles. The van der Waals surface area contributed by atoms with Gasteiger partial charge in [0.15, 0.2) is 0 Å². The van der Waals surface area contributed by atoms with Crippen LogP contribution in [0.4, 0.5) is 0 Å². The lowest BCUT2D eigenvalue weighted by molar-refractivity contribution is -0.193. The number of nitriles is 1. The SMILES string of the molecule is CC1(C)CN(C(=O)C2(C#N)CCOCC2)CC(C)(C)O1. The monoisotopic (exact) mass is 280 g/mol. The summed E-state index contributed by atoms with van der Waals surface area (Å²) in [6, 6.07) is 2.26. The molecule has 5 nitrogen and oxygen atoms in total. The van der Waals surface area contributed by atoms with Crippen LogP contribution in [0.5, 0.6) is 0 Å². The quantitative estimate of drug-likeness (QED) is 0.733. The largest absolute Gasteiger partial charge is 0.381 e. The second-order valence-electron chi connectivity index (χ2n) is 7.09. The van der Waals surface area contributed by atoms with Crippen molar-refractivity contribution in [2.45, 2.75) is 51.7 Å². The molecule has 0 atom stereocenters. The maximum absolute atomic E-state index is 12.9. The van der Waals surface area contributed by atoms with Crippen molar-refractivity contribution in [3.05, 3.63) is 0 Å². The topological polar surface area (TPSA) is 62.6 Å². The van der Waals surface area contributed by atoms with Crippen LogP contribution in [0.3, 0.4) is 0 Å². The van der Waals surface area contributed by atoms with Crippen molar-refractivity contribution >= 4 is 5.91 Å². The lowest BCUT2D eigenvalue weighted by Crippen LogP contribution is -2.61. The summed E-state index contributed by atoms with van der Waals surface area (Å²) in [6.07, 6.45) is 0.973. The Morgan fingerprint density at radius 1 is 1.10 bits per heavy atom. The van der Waals surface area contributed by atoms with E-state index < -0.39 is 5.41 Å². The minimum atomic E-state index is -0.915. The molecule has 0 aliphatic carbocycles. The fourth-order valence-electron chi connectivity index (χ4n) is 3.33. The van der Waals surface area contributed by atoms with Crippen molar-refractivity contribution in [2.75, 3.05) is 26.3 Å². The highest BCUT2D eigenvalue weighted by atomic mass is 16.5. The van der Waals surface area contributed by atoms with E-state index in [2.05, 4.69) is 6.07 Å². The number of ether oxygens (including phenoxy) is 2. The Labute approximate surface area is 120 Å². The smallest absolute Gasteiger partial charge is 0.243 e. The van der Waals surface area contributed by atoms with Gasteiger partial charge in [-0.3, -0.25) is 4.79 Å². The van der Waals surface area contributed by atoms with Crippen LogP contribution in [-0.4, -0.2) is 48.3 Å². The zero-order chi connectivity index (χ0) is 15.0. The number of hydrogen-bond donors (Lipinski definition) is 0. The number of carbonyl (C=O) groups excluding carboxylic acids is 1. The van der Waals surface area contributed by atoms with Crippen molar-refractivity contribution < 1.29 is 14.3 Å². The Hall–Kier alpha value is -1.12. The van der Waals surface area contributed by atoms with Crippen molar-refractivity contribution in [1.82, 2.24) is 4.90 Å². The third kappa shape index (κ3) is 2.97. The van der Waals surface area contributed by atoms with Crippen molar-refractivity contribution in [1.29, 1.82) is 5.26 Å². The number of morpholine rings is 1. The van der Waals surface area contributed by atoms with E-state index in [9.17, 15) is 10.1 Å². The standard InChI is InChI=1S/C15H24N2O3/c1-13(2)10-17(11-14(3,4)20-13)12(18)15(9-16)5-7-19-8-6-15/h5-8,10-11H2,1-4H3. The van der Waals surface area contributed by atoms with Crippen LogP contribution in [0.25, 0.3) is 0 Å². The van der Waals surface area contributed by atoms with Gasteiger partial charge >= 0.3 is 0 Å². The first-order valence-electron chi connectivity index (χ1n) is 7.18. The van der Waals surface area contributed by atoms with Gasteiger partial charge < -0.3 is 14.4 Å². The first-order chi connectivity index (χ1) is 9.20. The molecule has 112 valence electrons. The first-order valence-corrected chi connectivity index (χ1v) is 7.18. The molecule has 2 heterocycles. The van der Waals surface area contributed by atoms with Crippen LogP contribution in [0.15, 0.2) is 0 Å². The van der Waals surface area contributed by atoms with Crippen LogP contribution in [0.2, 0.25) is 0 Å². The summed E-state index contributed by atoms with van der Waals surface area (Å²) in [6.45, 7) is 9.95. The van der Waals surface area contributed by atoms with Gasteiger partial charge in [-0.25, -0.2) is 0 Å². The van der Waals surface area contributed by atoms with Gasteiger partial charge in [0.2, 0.25) is 5.91 Å². The Bertz CT molecular complexity index is 415. The second kappa shape index (κ2) is 5.01. The molecular weight excluding hydrogens is 256 g/mol. The minimum absolute atomic E-state index is 0.0623. The molecule has 5 heteroatoms. The molecule has 0 unspecified atom stereocenters. The predicted octanol–water partition coefficient (Wildman–Crippen LogP) is 1.72. The van der Waals surface area contributed by atoms with Gasteiger partial charge in [-0.2, -0.15) is 5.26 Å². The molecule has 0 radical (unpaired) electrons. The van der Waals surface area contributed by atoms with Crippen molar-refractivity contribution in [3.63, 3.8) is 0 Å². The third-order valence-electron chi connectivity index (χ3n) is 3.95. The molecule has 2 saturated heterocycles.